The maximum Gasteiger partial charge on any atom is 0.277 e. The number of anilines is 1. The summed E-state index contributed by atoms with van der Waals surface area (Å²) >= 11 is 6.29. The summed E-state index contributed by atoms with van der Waals surface area (Å²) in [5.41, 5.74) is 3.70. The van der Waals surface area contributed by atoms with Crippen molar-refractivity contribution in [2.45, 2.75) is 6.54 Å². The molecule has 134 valence electrons. The Morgan fingerprint density at radius 2 is 1.67 bits per heavy atom. The van der Waals surface area contributed by atoms with Crippen LogP contribution in [-0.2, 0) is 11.3 Å². The summed E-state index contributed by atoms with van der Waals surface area (Å²) in [7, 11) is 1.62. The predicted octanol–water partition coefficient (Wildman–Crippen LogP) is 5.02. The van der Waals surface area contributed by atoms with Gasteiger partial charge in [-0.1, -0.05) is 48.0 Å². The van der Waals surface area contributed by atoms with Gasteiger partial charge < -0.3 is 9.64 Å². The van der Waals surface area contributed by atoms with Gasteiger partial charge in [0.15, 0.2) is 0 Å². The molecule has 0 fully saturated rings. The minimum Gasteiger partial charge on any atom is -0.497 e. The lowest BCUT2D eigenvalue weighted by atomic mass is 10.1. The van der Waals surface area contributed by atoms with Crippen molar-refractivity contribution in [3.05, 3.63) is 88.9 Å². The van der Waals surface area contributed by atoms with Gasteiger partial charge in [0, 0.05) is 10.6 Å². The number of ether oxygens (including phenoxy) is 1. The number of halogens is 1. The number of carbonyl (C=O) groups is 1. The zero-order chi connectivity index (χ0) is 18.8. The molecule has 4 nitrogen and oxygen atoms in total. The first-order valence-electron chi connectivity index (χ1n) is 8.55. The molecule has 1 aliphatic rings. The highest BCUT2D eigenvalue weighted by atomic mass is 35.5. The monoisotopic (exact) mass is 376 g/mol. The number of rotatable bonds is 4. The summed E-state index contributed by atoms with van der Waals surface area (Å²) in [6, 6.07) is 22.5. The van der Waals surface area contributed by atoms with Crippen molar-refractivity contribution in [1.82, 2.24) is 0 Å². The maximum absolute atomic E-state index is 13.1. The molecule has 0 atom stereocenters. The molecule has 1 amide bonds. The summed E-state index contributed by atoms with van der Waals surface area (Å²) in [4.78, 5) is 19.5. The highest BCUT2D eigenvalue weighted by Crippen LogP contribution is 2.33. The van der Waals surface area contributed by atoms with Crippen molar-refractivity contribution < 1.29 is 9.53 Å². The molecule has 1 heterocycles. The Balaban J connectivity index is 1.73. The number of amides is 1. The van der Waals surface area contributed by atoms with E-state index < -0.39 is 0 Å². The van der Waals surface area contributed by atoms with E-state index in [0.29, 0.717) is 23.0 Å². The average Bonchev–Trinajstić information content (AvgIpc) is 2.96. The predicted molar refractivity (Wildman–Crippen MR) is 108 cm³/mol. The van der Waals surface area contributed by atoms with Gasteiger partial charge in [0.05, 0.1) is 25.0 Å². The highest BCUT2D eigenvalue weighted by molar-refractivity contribution is 6.54. The summed E-state index contributed by atoms with van der Waals surface area (Å²) in [6.07, 6.45) is 0. The summed E-state index contributed by atoms with van der Waals surface area (Å²) in [6.45, 7) is 0.400. The van der Waals surface area contributed by atoms with Crippen LogP contribution in [0.25, 0.3) is 0 Å². The standard InChI is InChI=1S/C22H17ClN2O2/c1-27-17-12-10-16(11-13-17)24-21-18-7-3-5-9-20(18)25(22(21)26)14-15-6-2-4-8-19(15)23/h2-13H,14H2,1H3. The molecule has 3 aromatic rings. The van der Waals surface area contributed by atoms with Crippen LogP contribution in [0.5, 0.6) is 5.75 Å². The van der Waals surface area contributed by atoms with E-state index in [1.54, 1.807) is 12.0 Å². The third-order valence-corrected chi connectivity index (χ3v) is 4.87. The lowest BCUT2D eigenvalue weighted by molar-refractivity contribution is -0.112. The van der Waals surface area contributed by atoms with E-state index in [0.717, 1.165) is 22.6 Å². The lowest BCUT2D eigenvalue weighted by Gasteiger charge is -2.17. The molecule has 0 aromatic heterocycles. The van der Waals surface area contributed by atoms with Gasteiger partial charge in [0.2, 0.25) is 0 Å². The SMILES string of the molecule is COc1ccc(N=C2C(=O)N(Cc3ccccc3Cl)c3ccccc32)cc1. The first-order chi connectivity index (χ1) is 13.2. The molecule has 0 N–H and O–H groups in total. The van der Waals surface area contributed by atoms with Gasteiger partial charge in [-0.15, -0.1) is 0 Å². The van der Waals surface area contributed by atoms with Gasteiger partial charge in [-0.3, -0.25) is 4.79 Å². The molecular weight excluding hydrogens is 360 g/mol. The Kier molecular flexibility index (Phi) is 4.65. The smallest absolute Gasteiger partial charge is 0.277 e. The minimum atomic E-state index is -0.132. The van der Waals surface area contributed by atoms with E-state index in [2.05, 4.69) is 4.99 Å². The van der Waals surface area contributed by atoms with Crippen LogP contribution in [-0.4, -0.2) is 18.7 Å². The van der Waals surface area contributed by atoms with E-state index in [1.807, 2.05) is 72.8 Å². The largest absolute Gasteiger partial charge is 0.497 e. The molecule has 0 aliphatic carbocycles. The normalized spacial score (nSPS) is 14.5. The van der Waals surface area contributed by atoms with Crippen molar-refractivity contribution >= 4 is 34.6 Å². The first kappa shape index (κ1) is 17.3. The molecule has 0 saturated heterocycles. The van der Waals surface area contributed by atoms with E-state index in [9.17, 15) is 4.79 Å². The van der Waals surface area contributed by atoms with Crippen molar-refractivity contribution in [3.63, 3.8) is 0 Å². The lowest BCUT2D eigenvalue weighted by Crippen LogP contribution is -2.29. The van der Waals surface area contributed by atoms with E-state index in [-0.39, 0.29) is 5.91 Å². The van der Waals surface area contributed by atoms with Crippen LogP contribution in [0.2, 0.25) is 5.02 Å². The van der Waals surface area contributed by atoms with Gasteiger partial charge in [0.1, 0.15) is 11.5 Å². The fourth-order valence-electron chi connectivity index (χ4n) is 3.11. The molecule has 27 heavy (non-hydrogen) atoms. The van der Waals surface area contributed by atoms with Gasteiger partial charge in [0.25, 0.3) is 5.91 Å². The molecular formula is C22H17ClN2O2. The molecule has 0 bridgehead atoms. The number of aliphatic imine (C=N–C) groups is 1. The fraction of sp³-hybridized carbons (Fsp3) is 0.0909. The number of methoxy groups -OCH3 is 1. The van der Waals surface area contributed by atoms with Crippen molar-refractivity contribution in [2.24, 2.45) is 4.99 Å². The second kappa shape index (κ2) is 7.25. The van der Waals surface area contributed by atoms with Crippen LogP contribution >= 0.6 is 11.6 Å². The summed E-state index contributed by atoms with van der Waals surface area (Å²) < 4.78 is 5.18. The molecule has 0 saturated carbocycles. The second-order valence-corrected chi connectivity index (χ2v) is 6.57. The van der Waals surface area contributed by atoms with E-state index in [4.69, 9.17) is 16.3 Å². The highest BCUT2D eigenvalue weighted by Gasteiger charge is 2.33. The summed E-state index contributed by atoms with van der Waals surface area (Å²) in [5.74, 6) is 0.615. The van der Waals surface area contributed by atoms with Crippen molar-refractivity contribution in [1.29, 1.82) is 0 Å². The first-order valence-corrected chi connectivity index (χ1v) is 8.92. The van der Waals surface area contributed by atoms with E-state index in [1.165, 1.54) is 0 Å². The van der Waals surface area contributed by atoms with Crippen LogP contribution in [0, 0.1) is 0 Å². The molecule has 0 spiro atoms. The average molecular weight is 377 g/mol. The zero-order valence-corrected chi connectivity index (χ0v) is 15.5. The number of fused-ring (bicyclic) bond motifs is 1. The molecule has 5 heteroatoms. The number of carbonyl (C=O) groups excluding carboxylic acids is 1. The maximum atomic E-state index is 13.1. The van der Waals surface area contributed by atoms with Gasteiger partial charge in [-0.25, -0.2) is 4.99 Å². The van der Waals surface area contributed by atoms with Crippen LogP contribution in [0.3, 0.4) is 0 Å². The van der Waals surface area contributed by atoms with Crippen molar-refractivity contribution in [2.75, 3.05) is 12.0 Å². The summed E-state index contributed by atoms with van der Waals surface area (Å²) in [5, 5.41) is 0.642. The Morgan fingerprint density at radius 3 is 2.41 bits per heavy atom. The number of nitrogens with zero attached hydrogens (tertiary/aromatic N) is 2. The minimum absolute atomic E-state index is 0.132. The topological polar surface area (TPSA) is 41.9 Å². The Labute approximate surface area is 162 Å². The van der Waals surface area contributed by atoms with Crippen LogP contribution in [0.1, 0.15) is 11.1 Å². The molecule has 4 rings (SSSR count). The van der Waals surface area contributed by atoms with Crippen LogP contribution < -0.4 is 9.64 Å². The molecule has 0 radical (unpaired) electrons. The number of hydrogen-bond donors (Lipinski definition) is 0. The molecule has 3 aromatic carbocycles. The number of hydrogen-bond acceptors (Lipinski definition) is 3. The van der Waals surface area contributed by atoms with E-state index >= 15 is 0 Å². The Morgan fingerprint density at radius 1 is 0.963 bits per heavy atom. The van der Waals surface area contributed by atoms with Gasteiger partial charge in [-0.05, 0) is 42.0 Å². The van der Waals surface area contributed by atoms with Crippen LogP contribution in [0.4, 0.5) is 11.4 Å². The Bertz CT molecular complexity index is 1030. The number of benzene rings is 3. The third kappa shape index (κ3) is 3.32. The van der Waals surface area contributed by atoms with Crippen molar-refractivity contribution in [3.8, 4) is 5.75 Å². The quantitative estimate of drug-likeness (QED) is 0.641. The zero-order valence-electron chi connectivity index (χ0n) is 14.7. The molecule has 0 unspecified atom stereocenters. The van der Waals surface area contributed by atoms with Gasteiger partial charge in [-0.2, -0.15) is 0 Å². The second-order valence-electron chi connectivity index (χ2n) is 6.16. The fourth-order valence-corrected chi connectivity index (χ4v) is 3.31. The van der Waals surface area contributed by atoms with Gasteiger partial charge >= 0.3 is 0 Å². The molecule has 1 aliphatic heterocycles. The third-order valence-electron chi connectivity index (χ3n) is 4.50. The number of para-hydroxylation sites is 1. The Hall–Kier alpha value is -3.11. The van der Waals surface area contributed by atoms with Crippen LogP contribution in [0.15, 0.2) is 77.8 Å².